The molecule has 0 saturated carbocycles. The second-order valence-electron chi connectivity index (χ2n) is 3.05. The van der Waals surface area contributed by atoms with Gasteiger partial charge in [-0.15, -0.1) is 0 Å². The molecule has 0 aromatic rings. The first kappa shape index (κ1) is 8.74. The van der Waals surface area contributed by atoms with E-state index in [1.807, 2.05) is 0 Å². The smallest absolute Gasteiger partial charge is 0.183 e. The molecule has 2 N–H and O–H groups in total. The summed E-state index contributed by atoms with van der Waals surface area (Å²) < 4.78 is 10.1. The van der Waals surface area contributed by atoms with Gasteiger partial charge in [-0.3, -0.25) is 0 Å². The van der Waals surface area contributed by atoms with Crippen molar-refractivity contribution in [1.82, 2.24) is 0 Å². The van der Waals surface area contributed by atoms with Crippen molar-refractivity contribution in [1.29, 1.82) is 0 Å². The molecule has 0 aliphatic carbocycles. The summed E-state index contributed by atoms with van der Waals surface area (Å²) in [5, 5.41) is 21.9. The topological polar surface area (TPSA) is 108 Å². The summed E-state index contributed by atoms with van der Waals surface area (Å²) in [6, 6.07) is -0.457. The molecule has 0 aromatic carbocycles. The first-order valence-electron chi connectivity index (χ1n) is 3.91. The van der Waals surface area contributed by atoms with E-state index in [1.165, 1.54) is 0 Å². The summed E-state index contributed by atoms with van der Waals surface area (Å²) in [6.45, 7) is 0.225. The number of rotatable bonds is 1. The quantitative estimate of drug-likeness (QED) is 0.316. The minimum absolute atomic E-state index is 0.225. The Balaban J connectivity index is 2.13. The van der Waals surface area contributed by atoms with Gasteiger partial charge in [-0.2, -0.15) is 0 Å². The highest BCUT2D eigenvalue weighted by Gasteiger charge is 2.51. The Bertz CT molecular complexity index is 254. The third-order valence-electron chi connectivity index (χ3n) is 2.29. The van der Waals surface area contributed by atoms with Gasteiger partial charge in [-0.25, -0.2) is 0 Å². The van der Waals surface area contributed by atoms with E-state index in [2.05, 4.69) is 10.0 Å². The Morgan fingerprint density at radius 2 is 2.15 bits per heavy atom. The van der Waals surface area contributed by atoms with E-state index in [0.717, 1.165) is 0 Å². The Labute approximate surface area is 73.5 Å². The van der Waals surface area contributed by atoms with Crippen molar-refractivity contribution >= 4 is 0 Å². The normalized spacial score (nSPS) is 48.6. The van der Waals surface area contributed by atoms with Crippen molar-refractivity contribution in [3.63, 3.8) is 0 Å². The van der Waals surface area contributed by atoms with Gasteiger partial charge in [0.1, 0.15) is 18.3 Å². The average Bonchev–Trinajstić information content (AvgIpc) is 2.59. The Kier molecular flexibility index (Phi) is 2.10. The van der Waals surface area contributed by atoms with Gasteiger partial charge in [0.2, 0.25) is 0 Å². The lowest BCUT2D eigenvalue weighted by Gasteiger charge is -2.10. The Morgan fingerprint density at radius 3 is 2.85 bits per heavy atom. The van der Waals surface area contributed by atoms with Crippen molar-refractivity contribution in [2.24, 2.45) is 5.11 Å². The van der Waals surface area contributed by atoms with Gasteiger partial charge in [0.15, 0.2) is 6.29 Å². The summed E-state index contributed by atoms with van der Waals surface area (Å²) in [5.74, 6) is 0. The number of fused-ring (bicyclic) bond motifs is 1. The van der Waals surface area contributed by atoms with Gasteiger partial charge in [-0.05, 0) is 5.53 Å². The lowest BCUT2D eigenvalue weighted by Crippen LogP contribution is -2.31. The van der Waals surface area contributed by atoms with Gasteiger partial charge >= 0.3 is 0 Å². The molecule has 5 atom stereocenters. The van der Waals surface area contributed by atoms with Crippen LogP contribution in [0.4, 0.5) is 0 Å². The zero-order chi connectivity index (χ0) is 9.42. The fraction of sp³-hybridized carbons (Fsp3) is 1.00. The molecule has 1 unspecified atom stereocenters. The van der Waals surface area contributed by atoms with E-state index in [9.17, 15) is 5.11 Å². The van der Waals surface area contributed by atoms with Crippen molar-refractivity contribution in [2.45, 2.75) is 30.6 Å². The molecule has 0 spiro atoms. The maximum atomic E-state index is 9.32. The summed E-state index contributed by atoms with van der Waals surface area (Å²) in [4.78, 5) is 2.63. The molecule has 72 valence electrons. The molecule has 7 nitrogen and oxygen atoms in total. The van der Waals surface area contributed by atoms with Crippen LogP contribution in [0.5, 0.6) is 0 Å². The number of aliphatic hydroxyl groups excluding tert-OH is 2. The number of azide groups is 1. The summed E-state index contributed by atoms with van der Waals surface area (Å²) >= 11 is 0. The first-order chi connectivity index (χ1) is 6.24. The summed E-state index contributed by atoms with van der Waals surface area (Å²) in [5.41, 5.74) is 8.20. The van der Waals surface area contributed by atoms with Crippen LogP contribution in [0, 0.1) is 0 Å². The number of nitrogens with zero attached hydrogens (tertiary/aromatic N) is 3. The molecule has 2 fully saturated rings. The minimum Gasteiger partial charge on any atom is -0.385 e. The van der Waals surface area contributed by atoms with Gasteiger partial charge < -0.3 is 19.7 Å². The second kappa shape index (κ2) is 3.13. The summed E-state index contributed by atoms with van der Waals surface area (Å²) in [7, 11) is 0. The van der Waals surface area contributed by atoms with Gasteiger partial charge in [0, 0.05) is 4.91 Å². The highest BCUT2D eigenvalue weighted by atomic mass is 16.7. The maximum absolute atomic E-state index is 9.32. The molecule has 0 bridgehead atoms. The number of hydrogen-bond donors (Lipinski definition) is 2. The van der Waals surface area contributed by atoms with Gasteiger partial charge in [0.25, 0.3) is 0 Å². The molecule has 0 radical (unpaired) electrons. The van der Waals surface area contributed by atoms with Crippen LogP contribution in [-0.4, -0.2) is 47.5 Å². The summed E-state index contributed by atoms with van der Waals surface area (Å²) in [6.07, 6.45) is -3.40. The Morgan fingerprint density at radius 1 is 1.38 bits per heavy atom. The van der Waals surface area contributed by atoms with Crippen LogP contribution in [0.3, 0.4) is 0 Å². The standard InChI is InChI=1S/C6H9N3O4/c7-9-8-2-1-12-5-3(10)6(11)13-4(2)5/h2-6,10-11H,1H2/t2-,3+,4+,5+,6?/m0/s1. The van der Waals surface area contributed by atoms with Crippen LogP contribution in [-0.2, 0) is 9.47 Å². The van der Waals surface area contributed by atoms with Crippen molar-refractivity contribution < 1.29 is 19.7 Å². The lowest BCUT2D eigenvalue weighted by molar-refractivity contribution is -0.135. The molecule has 0 amide bonds. The number of aliphatic hydroxyl groups is 2. The van der Waals surface area contributed by atoms with Crippen LogP contribution in [0.15, 0.2) is 5.11 Å². The van der Waals surface area contributed by atoms with Crippen LogP contribution < -0.4 is 0 Å². The first-order valence-corrected chi connectivity index (χ1v) is 3.91. The van der Waals surface area contributed by atoms with E-state index in [-0.39, 0.29) is 6.61 Å². The average molecular weight is 187 g/mol. The van der Waals surface area contributed by atoms with E-state index in [1.54, 1.807) is 0 Å². The number of hydrogen-bond acceptors (Lipinski definition) is 5. The van der Waals surface area contributed by atoms with E-state index < -0.39 is 30.6 Å². The minimum atomic E-state index is -1.24. The van der Waals surface area contributed by atoms with Crippen LogP contribution >= 0.6 is 0 Å². The molecule has 2 aliphatic rings. The van der Waals surface area contributed by atoms with Crippen molar-refractivity contribution in [2.75, 3.05) is 6.61 Å². The maximum Gasteiger partial charge on any atom is 0.183 e. The highest BCUT2D eigenvalue weighted by molar-refractivity contribution is 4.99. The monoisotopic (exact) mass is 187 g/mol. The molecule has 2 saturated heterocycles. The molecule has 13 heavy (non-hydrogen) atoms. The third kappa shape index (κ3) is 1.27. The van der Waals surface area contributed by atoms with Crippen LogP contribution in [0.1, 0.15) is 0 Å². The molecule has 2 heterocycles. The van der Waals surface area contributed by atoms with E-state index in [4.69, 9.17) is 20.1 Å². The molecule has 2 aliphatic heterocycles. The van der Waals surface area contributed by atoms with E-state index in [0.29, 0.717) is 0 Å². The zero-order valence-corrected chi connectivity index (χ0v) is 6.65. The molecular formula is C6H9N3O4. The predicted octanol–water partition coefficient (Wildman–Crippen LogP) is -0.858. The second-order valence-corrected chi connectivity index (χ2v) is 3.05. The lowest BCUT2D eigenvalue weighted by atomic mass is 10.1. The fourth-order valence-electron chi connectivity index (χ4n) is 1.65. The SMILES string of the molecule is [N-]=[N+]=N[C@H]1CO[C@H]2[C@@H]1OC(O)[C@@H]2O. The van der Waals surface area contributed by atoms with Crippen molar-refractivity contribution in [3.05, 3.63) is 10.4 Å². The Hall–Kier alpha value is -0.850. The number of ether oxygens (including phenoxy) is 2. The third-order valence-corrected chi connectivity index (χ3v) is 2.29. The largest absolute Gasteiger partial charge is 0.385 e. The van der Waals surface area contributed by atoms with Gasteiger partial charge in [0.05, 0.1) is 12.6 Å². The zero-order valence-electron chi connectivity index (χ0n) is 6.65. The van der Waals surface area contributed by atoms with Crippen LogP contribution in [0.25, 0.3) is 10.4 Å². The molecule has 7 heteroatoms. The highest BCUT2D eigenvalue weighted by Crippen LogP contribution is 2.31. The van der Waals surface area contributed by atoms with Crippen molar-refractivity contribution in [3.8, 4) is 0 Å². The van der Waals surface area contributed by atoms with Crippen LogP contribution in [0.2, 0.25) is 0 Å². The molecule has 0 aromatic heterocycles. The predicted molar refractivity (Wildman–Crippen MR) is 39.6 cm³/mol. The molecular weight excluding hydrogens is 178 g/mol. The van der Waals surface area contributed by atoms with E-state index >= 15 is 0 Å². The van der Waals surface area contributed by atoms with Gasteiger partial charge in [-0.1, -0.05) is 5.11 Å². The fourth-order valence-corrected chi connectivity index (χ4v) is 1.65. The molecule has 2 rings (SSSR count).